The van der Waals surface area contributed by atoms with Gasteiger partial charge in [0.25, 0.3) is 5.91 Å². The first kappa shape index (κ1) is 15.6. The van der Waals surface area contributed by atoms with Gasteiger partial charge in [-0.15, -0.1) is 0 Å². The third-order valence-electron chi connectivity index (χ3n) is 3.31. The lowest BCUT2D eigenvalue weighted by atomic mass is 10.2. The van der Waals surface area contributed by atoms with Gasteiger partial charge < -0.3 is 14.7 Å². The Hall–Kier alpha value is -1.75. The van der Waals surface area contributed by atoms with Gasteiger partial charge in [0, 0.05) is 12.6 Å². The number of rotatable bonds is 7. The van der Waals surface area contributed by atoms with E-state index in [1.807, 2.05) is 13.0 Å². The summed E-state index contributed by atoms with van der Waals surface area (Å²) in [4.78, 5) is 24.4. The number of ether oxygens (including phenoxy) is 1. The predicted molar refractivity (Wildman–Crippen MR) is 78.7 cm³/mol. The number of amides is 1. The lowest BCUT2D eigenvalue weighted by molar-refractivity contribution is -0.139. The van der Waals surface area contributed by atoms with Crippen LogP contribution in [0.1, 0.15) is 24.8 Å². The van der Waals surface area contributed by atoms with Crippen molar-refractivity contribution < 1.29 is 19.4 Å². The second-order valence-electron chi connectivity index (χ2n) is 5.18. The van der Waals surface area contributed by atoms with E-state index in [2.05, 4.69) is 0 Å². The molecule has 1 aromatic rings. The van der Waals surface area contributed by atoms with Crippen LogP contribution in [0, 0.1) is 6.92 Å². The molecule has 6 heteroatoms. The zero-order chi connectivity index (χ0) is 15.4. The van der Waals surface area contributed by atoms with Crippen molar-refractivity contribution in [3.8, 4) is 5.75 Å². The van der Waals surface area contributed by atoms with E-state index in [1.54, 1.807) is 17.0 Å². The number of nitrogens with zero attached hydrogens (tertiary/aromatic N) is 1. The second-order valence-corrected chi connectivity index (χ2v) is 5.59. The number of halogens is 1. The summed E-state index contributed by atoms with van der Waals surface area (Å²) < 4.78 is 5.47. The average molecular weight is 312 g/mol. The molecule has 0 bridgehead atoms. The van der Waals surface area contributed by atoms with Crippen LogP contribution in [0.4, 0.5) is 0 Å². The fraction of sp³-hybridized carbons (Fsp3) is 0.467. The molecule has 1 N–H and O–H groups in total. The molecule has 0 saturated heterocycles. The van der Waals surface area contributed by atoms with Gasteiger partial charge in [-0.2, -0.15) is 0 Å². The van der Waals surface area contributed by atoms with E-state index in [4.69, 9.17) is 21.4 Å². The molecule has 1 fully saturated rings. The Morgan fingerprint density at radius 1 is 1.43 bits per heavy atom. The molecule has 1 amide bonds. The monoisotopic (exact) mass is 311 g/mol. The maximum Gasteiger partial charge on any atom is 0.305 e. The molecule has 1 aliphatic rings. The van der Waals surface area contributed by atoms with E-state index in [0.717, 1.165) is 18.4 Å². The first-order valence-electron chi connectivity index (χ1n) is 6.87. The minimum Gasteiger partial charge on any atom is -0.482 e. The molecule has 0 spiro atoms. The number of aryl methyl sites for hydroxylation is 1. The van der Waals surface area contributed by atoms with Gasteiger partial charge in [0.05, 0.1) is 11.4 Å². The first-order valence-corrected chi connectivity index (χ1v) is 7.25. The zero-order valence-corrected chi connectivity index (χ0v) is 12.6. The van der Waals surface area contributed by atoms with E-state index in [1.165, 1.54) is 0 Å². The standard InChI is InChI=1S/C15H18ClNO4/c1-10-2-5-12(16)13(8-10)21-9-14(18)17(11-3-4-11)7-6-15(19)20/h2,5,8,11H,3-4,6-7,9H2,1H3,(H,19,20). The molecule has 114 valence electrons. The van der Waals surface area contributed by atoms with Crippen LogP contribution in [0.25, 0.3) is 0 Å². The minimum absolute atomic E-state index is 0.0482. The summed E-state index contributed by atoms with van der Waals surface area (Å²) in [5.74, 6) is -0.633. The Labute approximate surface area is 128 Å². The summed E-state index contributed by atoms with van der Waals surface area (Å²) >= 11 is 6.01. The largest absolute Gasteiger partial charge is 0.482 e. The van der Waals surface area contributed by atoms with Crippen molar-refractivity contribution in [2.24, 2.45) is 0 Å². The van der Waals surface area contributed by atoms with Crippen molar-refractivity contribution in [1.82, 2.24) is 4.90 Å². The highest BCUT2D eigenvalue weighted by molar-refractivity contribution is 6.32. The fourth-order valence-corrected chi connectivity index (χ4v) is 2.23. The van der Waals surface area contributed by atoms with Crippen LogP contribution in [0.2, 0.25) is 5.02 Å². The molecule has 0 unspecified atom stereocenters. The quantitative estimate of drug-likeness (QED) is 0.840. The van der Waals surface area contributed by atoms with E-state index in [9.17, 15) is 9.59 Å². The molecule has 0 heterocycles. The highest BCUT2D eigenvalue weighted by Gasteiger charge is 2.32. The van der Waals surface area contributed by atoms with Crippen LogP contribution < -0.4 is 4.74 Å². The number of aliphatic carboxylic acids is 1. The van der Waals surface area contributed by atoms with Gasteiger partial charge in [-0.05, 0) is 37.5 Å². The van der Waals surface area contributed by atoms with Gasteiger partial charge in [-0.1, -0.05) is 17.7 Å². The maximum atomic E-state index is 12.2. The molecular formula is C15H18ClNO4. The number of hydrogen-bond donors (Lipinski definition) is 1. The average Bonchev–Trinajstić information content (AvgIpc) is 3.24. The lowest BCUT2D eigenvalue weighted by Crippen LogP contribution is -2.38. The molecule has 1 aliphatic carbocycles. The smallest absolute Gasteiger partial charge is 0.305 e. The van der Waals surface area contributed by atoms with Crippen LogP contribution in [0.5, 0.6) is 5.75 Å². The summed E-state index contributed by atoms with van der Waals surface area (Å²) in [5, 5.41) is 9.19. The number of carboxylic acids is 1. The van der Waals surface area contributed by atoms with Gasteiger partial charge in [0.2, 0.25) is 0 Å². The van der Waals surface area contributed by atoms with E-state index < -0.39 is 5.97 Å². The summed E-state index contributed by atoms with van der Waals surface area (Å²) in [5.41, 5.74) is 0.992. The third-order valence-corrected chi connectivity index (χ3v) is 3.62. The molecule has 0 aliphatic heterocycles. The third kappa shape index (κ3) is 4.63. The Bertz CT molecular complexity index is 542. The molecule has 21 heavy (non-hydrogen) atoms. The molecule has 0 atom stereocenters. The molecule has 2 rings (SSSR count). The number of hydrogen-bond acceptors (Lipinski definition) is 3. The number of carboxylic acid groups (broad SMARTS) is 1. The number of benzene rings is 1. The Balaban J connectivity index is 1.92. The molecule has 1 aromatic carbocycles. The van der Waals surface area contributed by atoms with Crippen molar-refractivity contribution in [3.63, 3.8) is 0 Å². The summed E-state index contributed by atoms with van der Waals surface area (Å²) in [6, 6.07) is 5.52. The van der Waals surface area contributed by atoms with Crippen LogP contribution in [0.3, 0.4) is 0 Å². The molecule has 0 aromatic heterocycles. The highest BCUT2D eigenvalue weighted by atomic mass is 35.5. The SMILES string of the molecule is Cc1ccc(Cl)c(OCC(=O)N(CCC(=O)O)C2CC2)c1. The first-order chi connectivity index (χ1) is 9.97. The van der Waals surface area contributed by atoms with Crippen LogP contribution >= 0.6 is 11.6 Å². The Morgan fingerprint density at radius 2 is 2.14 bits per heavy atom. The normalized spacial score (nSPS) is 13.8. The summed E-state index contributed by atoms with van der Waals surface area (Å²) in [6.07, 6.45) is 1.81. The molecule has 1 saturated carbocycles. The van der Waals surface area contributed by atoms with Crippen molar-refractivity contribution >= 4 is 23.5 Å². The highest BCUT2D eigenvalue weighted by Crippen LogP contribution is 2.28. The Kier molecular flexibility index (Phi) is 5.07. The summed E-state index contributed by atoms with van der Waals surface area (Å²) in [7, 11) is 0. The van der Waals surface area contributed by atoms with Gasteiger partial charge in [-0.25, -0.2) is 0 Å². The van der Waals surface area contributed by atoms with Crippen molar-refractivity contribution in [3.05, 3.63) is 28.8 Å². The Morgan fingerprint density at radius 3 is 2.76 bits per heavy atom. The van der Waals surface area contributed by atoms with Gasteiger partial charge >= 0.3 is 5.97 Å². The van der Waals surface area contributed by atoms with Gasteiger partial charge in [0.1, 0.15) is 5.75 Å². The van der Waals surface area contributed by atoms with Crippen molar-refractivity contribution in [1.29, 1.82) is 0 Å². The van der Waals surface area contributed by atoms with Gasteiger partial charge in [-0.3, -0.25) is 9.59 Å². The van der Waals surface area contributed by atoms with Crippen LogP contribution in [-0.4, -0.2) is 41.1 Å². The molecular weight excluding hydrogens is 294 g/mol. The van der Waals surface area contributed by atoms with Gasteiger partial charge in [0.15, 0.2) is 6.61 Å². The van der Waals surface area contributed by atoms with Crippen LogP contribution in [-0.2, 0) is 9.59 Å². The van der Waals surface area contributed by atoms with E-state index >= 15 is 0 Å². The van der Waals surface area contributed by atoms with Crippen LogP contribution in [0.15, 0.2) is 18.2 Å². The molecule has 0 radical (unpaired) electrons. The number of carbonyl (C=O) groups excluding carboxylic acids is 1. The van der Waals surface area contributed by atoms with E-state index in [-0.39, 0.29) is 31.5 Å². The minimum atomic E-state index is -0.906. The van der Waals surface area contributed by atoms with Crippen molar-refractivity contribution in [2.45, 2.75) is 32.2 Å². The zero-order valence-electron chi connectivity index (χ0n) is 11.8. The fourth-order valence-electron chi connectivity index (χ4n) is 2.06. The second kappa shape index (κ2) is 6.80. The summed E-state index contributed by atoms with van der Waals surface area (Å²) in [6.45, 7) is 2.01. The molecule has 5 nitrogen and oxygen atoms in total. The van der Waals surface area contributed by atoms with E-state index in [0.29, 0.717) is 10.8 Å². The lowest BCUT2D eigenvalue weighted by Gasteiger charge is -2.21. The number of carbonyl (C=O) groups is 2. The van der Waals surface area contributed by atoms with Crippen molar-refractivity contribution in [2.75, 3.05) is 13.2 Å². The predicted octanol–water partition coefficient (Wildman–Crippen LogP) is 2.49. The maximum absolute atomic E-state index is 12.2. The topological polar surface area (TPSA) is 66.8 Å².